The molecule has 49 heavy (non-hydrogen) atoms. The number of aryl methyl sites for hydroxylation is 2. The van der Waals surface area contributed by atoms with Gasteiger partial charge in [0.25, 0.3) is 15.9 Å². The summed E-state index contributed by atoms with van der Waals surface area (Å²) in [6, 6.07) is 13.0. The van der Waals surface area contributed by atoms with Crippen molar-refractivity contribution in [3.05, 3.63) is 83.4 Å². The van der Waals surface area contributed by atoms with E-state index in [4.69, 9.17) is 4.74 Å². The summed E-state index contributed by atoms with van der Waals surface area (Å²) in [7, 11) is -4.20. The lowest BCUT2D eigenvalue weighted by Crippen LogP contribution is -2.45. The Morgan fingerprint density at radius 1 is 1.04 bits per heavy atom. The van der Waals surface area contributed by atoms with Gasteiger partial charge in [0.15, 0.2) is 0 Å². The molecule has 6 rings (SSSR count). The molecule has 2 aromatic carbocycles. The number of hydrogen-bond donors (Lipinski definition) is 1. The van der Waals surface area contributed by atoms with Crippen LogP contribution in [-0.4, -0.2) is 70.6 Å². The molecule has 2 aromatic heterocycles. The van der Waals surface area contributed by atoms with E-state index in [1.54, 1.807) is 36.4 Å². The Morgan fingerprint density at radius 3 is 2.39 bits per heavy atom. The first-order valence-electron chi connectivity index (χ1n) is 16.3. The molecule has 2 aliphatic rings. The van der Waals surface area contributed by atoms with Gasteiger partial charge in [0.05, 0.1) is 47.8 Å². The second-order valence-electron chi connectivity index (χ2n) is 14.4. The van der Waals surface area contributed by atoms with Crippen molar-refractivity contribution in [1.82, 2.24) is 24.8 Å². The first-order valence-corrected chi connectivity index (χ1v) is 17.8. The van der Waals surface area contributed by atoms with Crippen LogP contribution in [0.2, 0.25) is 0 Å². The molecule has 2 aliphatic heterocycles. The number of hydrogen-bond acceptors (Lipinski definition) is 9. The number of halogens is 1. The van der Waals surface area contributed by atoms with Gasteiger partial charge in [0, 0.05) is 30.2 Å². The largest absolute Gasteiger partial charge is 0.475 e. The van der Waals surface area contributed by atoms with E-state index in [0.717, 1.165) is 16.7 Å². The van der Waals surface area contributed by atoms with E-state index in [1.807, 2.05) is 36.9 Å². The summed E-state index contributed by atoms with van der Waals surface area (Å²) < 4.78 is 50.7. The summed E-state index contributed by atoms with van der Waals surface area (Å²) in [5.41, 5.74) is 2.65. The topological polar surface area (TPSA) is 131 Å². The smallest absolute Gasteiger partial charge is 0.264 e. The molecule has 1 N–H and O–H groups in total. The van der Waals surface area contributed by atoms with Crippen molar-refractivity contribution in [2.45, 2.75) is 77.5 Å². The number of aromatic nitrogens is 4. The van der Waals surface area contributed by atoms with Crippen LogP contribution in [0.25, 0.3) is 11.3 Å². The van der Waals surface area contributed by atoms with Crippen LogP contribution in [0, 0.1) is 19.3 Å². The maximum atomic E-state index is 14.5. The second-order valence-corrected chi connectivity index (χ2v) is 16.1. The average Bonchev–Trinajstić information content (AvgIpc) is 3.40. The van der Waals surface area contributed by atoms with E-state index in [9.17, 15) is 17.6 Å². The summed E-state index contributed by atoms with van der Waals surface area (Å²) >= 11 is 0. The predicted molar refractivity (Wildman–Crippen MR) is 186 cm³/mol. The Balaban J connectivity index is 1.43. The second kappa shape index (κ2) is 13.0. The minimum absolute atomic E-state index is 0.0297. The van der Waals surface area contributed by atoms with Crippen molar-refractivity contribution in [2.24, 2.45) is 5.41 Å². The molecule has 1 amide bonds. The van der Waals surface area contributed by atoms with Crippen molar-refractivity contribution in [3.8, 4) is 17.1 Å². The zero-order valence-electron chi connectivity index (χ0n) is 28.7. The number of carbonyl (C=O) groups is 1. The average molecular weight is 688 g/mol. The third-order valence-electron chi connectivity index (χ3n) is 8.82. The van der Waals surface area contributed by atoms with Crippen LogP contribution in [0.4, 0.5) is 16.0 Å². The maximum Gasteiger partial charge on any atom is 0.264 e. The lowest BCUT2D eigenvalue weighted by Gasteiger charge is -2.35. The van der Waals surface area contributed by atoms with Crippen LogP contribution in [-0.2, 0) is 16.6 Å². The molecule has 11 nitrogen and oxygen atoms in total. The van der Waals surface area contributed by atoms with Gasteiger partial charge in [-0.2, -0.15) is 4.98 Å². The molecule has 1 saturated heterocycles. The highest BCUT2D eigenvalue weighted by Crippen LogP contribution is 2.32. The Bertz CT molecular complexity index is 1960. The third kappa shape index (κ3) is 7.82. The molecule has 1 fully saturated rings. The number of benzene rings is 2. The minimum atomic E-state index is -4.20. The van der Waals surface area contributed by atoms with E-state index in [0.29, 0.717) is 36.6 Å². The Labute approximate surface area is 287 Å². The van der Waals surface area contributed by atoms with Gasteiger partial charge in [-0.1, -0.05) is 45.0 Å². The first-order chi connectivity index (χ1) is 23.1. The number of sulfonamides is 1. The maximum absolute atomic E-state index is 14.5. The van der Waals surface area contributed by atoms with Crippen LogP contribution in [0.1, 0.15) is 67.8 Å². The van der Waals surface area contributed by atoms with Crippen LogP contribution < -0.4 is 14.4 Å². The Hall–Kier alpha value is -4.65. The summed E-state index contributed by atoms with van der Waals surface area (Å²) in [5, 5.41) is 0. The summed E-state index contributed by atoms with van der Waals surface area (Å²) in [6.07, 6.45) is 4.27. The molecular formula is C36H42FN7O4S. The van der Waals surface area contributed by atoms with Crippen LogP contribution in [0.3, 0.4) is 0 Å². The molecule has 4 heterocycles. The number of nitrogens with one attached hydrogen (secondary N) is 1. The Morgan fingerprint density at radius 2 is 1.73 bits per heavy atom. The SMILES string of the molecule is Cc1cccc(C)c1-c1cc2nc(n1)NS(=O)(=O)c1cccc(c1)C(=O)N(Cc1ncc(N3CC[C@@](C)(F)C3)cn1)[C@H](CC(C)(C)C)CO2. The number of alkyl halides is 1. The van der Waals surface area contributed by atoms with E-state index in [-0.39, 0.29) is 47.4 Å². The third-order valence-corrected chi connectivity index (χ3v) is 10.1. The van der Waals surface area contributed by atoms with Gasteiger partial charge >= 0.3 is 0 Å². The molecule has 258 valence electrons. The zero-order valence-corrected chi connectivity index (χ0v) is 29.5. The van der Waals surface area contributed by atoms with Gasteiger partial charge < -0.3 is 14.5 Å². The number of amides is 1. The van der Waals surface area contributed by atoms with Crippen LogP contribution >= 0.6 is 0 Å². The predicted octanol–water partition coefficient (Wildman–Crippen LogP) is 6.13. The molecule has 2 atom stereocenters. The fourth-order valence-electron chi connectivity index (χ4n) is 6.44. The quantitative estimate of drug-likeness (QED) is 0.263. The van der Waals surface area contributed by atoms with Gasteiger partial charge in [0.2, 0.25) is 11.8 Å². The van der Waals surface area contributed by atoms with Gasteiger partial charge in [-0.3, -0.25) is 4.79 Å². The summed E-state index contributed by atoms with van der Waals surface area (Å²) in [4.78, 5) is 36.0. The normalized spacial score (nSPS) is 20.9. The van der Waals surface area contributed by atoms with Gasteiger partial charge in [-0.25, -0.2) is 32.5 Å². The van der Waals surface area contributed by atoms with Crippen molar-refractivity contribution in [1.29, 1.82) is 0 Å². The van der Waals surface area contributed by atoms with Gasteiger partial charge in [0.1, 0.15) is 18.1 Å². The molecule has 13 heteroatoms. The molecule has 0 spiro atoms. The van der Waals surface area contributed by atoms with Gasteiger partial charge in [-0.15, -0.1) is 0 Å². The minimum Gasteiger partial charge on any atom is -0.475 e. The van der Waals surface area contributed by atoms with E-state index >= 15 is 0 Å². The number of carbonyl (C=O) groups excluding carboxylic acids is 1. The van der Waals surface area contributed by atoms with Crippen molar-refractivity contribution >= 4 is 27.6 Å². The molecule has 4 bridgehead atoms. The highest BCUT2D eigenvalue weighted by molar-refractivity contribution is 7.92. The molecule has 0 radical (unpaired) electrons. The lowest BCUT2D eigenvalue weighted by molar-refractivity contribution is 0.0505. The number of anilines is 2. The molecular weight excluding hydrogens is 646 g/mol. The van der Waals surface area contributed by atoms with Gasteiger partial charge in [-0.05, 0) is 61.9 Å². The van der Waals surface area contributed by atoms with Crippen LogP contribution in [0.5, 0.6) is 5.88 Å². The number of nitrogens with zero attached hydrogens (tertiary/aromatic N) is 6. The van der Waals surface area contributed by atoms with Crippen molar-refractivity contribution in [3.63, 3.8) is 0 Å². The summed E-state index contributed by atoms with van der Waals surface area (Å²) in [5.74, 6) is 0.00168. The first kappa shape index (κ1) is 34.2. The highest BCUT2D eigenvalue weighted by Gasteiger charge is 2.35. The fraction of sp³-hybridized carbons (Fsp3) is 0.417. The number of ether oxygens (including phenoxy) is 1. The standard InChI is InChI=1S/C36H42FN7O4S/c1-23-9-7-10-24(2)32(23)29-16-31-41-34(40-29)42-49(46,47)28-12-8-11-25(15-28)33(45)44(26(21-48-31)17-35(3,4)5)20-30-38-18-27(19-39-30)43-14-13-36(6,37)22-43/h7-12,15-16,18-19,26H,13-14,17,20-22H2,1-6H3,(H,40,41,42)/t26-,36-/m1/s1. The zero-order chi connectivity index (χ0) is 35.1. The fourth-order valence-corrected chi connectivity index (χ4v) is 7.43. The van der Waals surface area contributed by atoms with Crippen LogP contribution in [0.15, 0.2) is 65.8 Å². The Kier molecular flexibility index (Phi) is 9.08. The lowest BCUT2D eigenvalue weighted by atomic mass is 9.87. The van der Waals surface area contributed by atoms with Crippen molar-refractivity contribution < 1.29 is 22.3 Å². The molecule has 0 aliphatic carbocycles. The van der Waals surface area contributed by atoms with E-state index < -0.39 is 27.6 Å². The van der Waals surface area contributed by atoms with Crippen molar-refractivity contribution in [2.75, 3.05) is 29.3 Å². The van der Waals surface area contributed by atoms with E-state index in [1.165, 1.54) is 18.2 Å². The summed E-state index contributed by atoms with van der Waals surface area (Å²) in [6.45, 7) is 12.7. The monoisotopic (exact) mass is 687 g/mol. The highest BCUT2D eigenvalue weighted by atomic mass is 32.2. The molecule has 0 saturated carbocycles. The number of fused-ring (bicyclic) bond motifs is 4. The number of rotatable bonds is 5. The molecule has 0 unspecified atom stereocenters. The van der Waals surface area contributed by atoms with E-state index in [2.05, 4.69) is 45.4 Å². The molecule has 4 aromatic rings.